The van der Waals surface area contributed by atoms with Crippen LogP contribution in [-0.2, 0) is 16.0 Å². The van der Waals surface area contributed by atoms with Crippen LogP contribution in [0, 0.1) is 5.92 Å². The molecule has 0 aromatic heterocycles. The molecule has 0 saturated carbocycles. The molecule has 1 heterocycles. The topological polar surface area (TPSA) is 40.6 Å². The van der Waals surface area contributed by atoms with Crippen LogP contribution in [-0.4, -0.2) is 48.8 Å². The van der Waals surface area contributed by atoms with E-state index in [4.69, 9.17) is 23.2 Å². The van der Waals surface area contributed by atoms with Crippen molar-refractivity contribution >= 4 is 35.0 Å². The average molecular weight is 371 g/mol. The van der Waals surface area contributed by atoms with Crippen LogP contribution in [0.15, 0.2) is 18.2 Å². The molecule has 0 spiro atoms. The largest absolute Gasteiger partial charge is 0.349 e. The van der Waals surface area contributed by atoms with Gasteiger partial charge in [0.15, 0.2) is 0 Å². The maximum atomic E-state index is 12.3. The van der Waals surface area contributed by atoms with Crippen molar-refractivity contribution in [3.63, 3.8) is 0 Å². The van der Waals surface area contributed by atoms with E-state index in [0.717, 1.165) is 31.2 Å². The molecule has 1 aromatic carbocycles. The molecule has 1 saturated heterocycles. The van der Waals surface area contributed by atoms with Gasteiger partial charge in [0.25, 0.3) is 0 Å². The standard InChI is InChI=1S/C18H24Cl2N2O2/c1-21(2)18(24)14-8-10-22(11-9-14)17(23)5-3-4-13-6-7-15(19)16(20)12-13/h6-7,12,14H,3-5,8-11H2,1-2H3. The van der Waals surface area contributed by atoms with Crippen LogP contribution >= 0.6 is 23.2 Å². The number of halogens is 2. The van der Waals surface area contributed by atoms with Crippen LogP contribution in [0.25, 0.3) is 0 Å². The Kier molecular flexibility index (Phi) is 6.93. The van der Waals surface area contributed by atoms with Gasteiger partial charge in [-0.25, -0.2) is 0 Å². The molecule has 24 heavy (non-hydrogen) atoms. The van der Waals surface area contributed by atoms with E-state index >= 15 is 0 Å². The van der Waals surface area contributed by atoms with Crippen LogP contribution in [0.1, 0.15) is 31.2 Å². The van der Waals surface area contributed by atoms with E-state index in [1.54, 1.807) is 25.1 Å². The Morgan fingerprint density at radius 1 is 1.17 bits per heavy atom. The SMILES string of the molecule is CN(C)C(=O)C1CCN(C(=O)CCCc2ccc(Cl)c(Cl)c2)CC1. The zero-order valence-corrected chi connectivity index (χ0v) is 15.7. The van der Waals surface area contributed by atoms with E-state index in [9.17, 15) is 9.59 Å². The molecule has 4 nitrogen and oxygen atoms in total. The number of piperidine rings is 1. The number of amides is 2. The van der Waals surface area contributed by atoms with Crippen LogP contribution < -0.4 is 0 Å². The molecule has 132 valence electrons. The summed E-state index contributed by atoms with van der Waals surface area (Å²) in [6.07, 6.45) is 3.63. The second-order valence-corrected chi connectivity index (χ2v) is 7.30. The fourth-order valence-electron chi connectivity index (χ4n) is 3.04. The number of nitrogens with zero attached hydrogens (tertiary/aromatic N) is 2. The Balaban J connectivity index is 1.74. The number of hydrogen-bond acceptors (Lipinski definition) is 2. The van der Waals surface area contributed by atoms with Crippen molar-refractivity contribution in [1.29, 1.82) is 0 Å². The Morgan fingerprint density at radius 3 is 2.42 bits per heavy atom. The summed E-state index contributed by atoms with van der Waals surface area (Å²) in [5.74, 6) is 0.396. The van der Waals surface area contributed by atoms with Crippen LogP contribution in [0.3, 0.4) is 0 Å². The van der Waals surface area contributed by atoms with E-state index in [-0.39, 0.29) is 17.7 Å². The first-order valence-corrected chi connectivity index (χ1v) is 9.07. The van der Waals surface area contributed by atoms with Crippen molar-refractivity contribution in [2.24, 2.45) is 5.92 Å². The minimum Gasteiger partial charge on any atom is -0.349 e. The second-order valence-electron chi connectivity index (χ2n) is 6.49. The van der Waals surface area contributed by atoms with Crippen molar-refractivity contribution in [3.05, 3.63) is 33.8 Å². The first kappa shape index (κ1) is 19.1. The number of rotatable bonds is 5. The van der Waals surface area contributed by atoms with Crippen molar-refractivity contribution < 1.29 is 9.59 Å². The van der Waals surface area contributed by atoms with Crippen LogP contribution in [0.4, 0.5) is 0 Å². The maximum absolute atomic E-state index is 12.3. The Hall–Kier alpha value is -1.26. The normalized spacial score (nSPS) is 15.4. The fraction of sp³-hybridized carbons (Fsp3) is 0.556. The van der Waals surface area contributed by atoms with Gasteiger partial charge in [0.1, 0.15) is 0 Å². The summed E-state index contributed by atoms with van der Waals surface area (Å²) >= 11 is 11.9. The van der Waals surface area contributed by atoms with Gasteiger partial charge in [-0.2, -0.15) is 0 Å². The maximum Gasteiger partial charge on any atom is 0.225 e. The van der Waals surface area contributed by atoms with Gasteiger partial charge in [-0.05, 0) is 43.4 Å². The fourth-order valence-corrected chi connectivity index (χ4v) is 3.36. The van der Waals surface area contributed by atoms with E-state index in [1.165, 1.54) is 0 Å². The zero-order chi connectivity index (χ0) is 17.7. The molecule has 0 radical (unpaired) electrons. The molecule has 1 aromatic rings. The molecule has 0 bridgehead atoms. The average Bonchev–Trinajstić information content (AvgIpc) is 2.57. The monoisotopic (exact) mass is 370 g/mol. The third-order valence-electron chi connectivity index (χ3n) is 4.48. The smallest absolute Gasteiger partial charge is 0.225 e. The summed E-state index contributed by atoms with van der Waals surface area (Å²) in [5, 5.41) is 1.10. The lowest BCUT2D eigenvalue weighted by Crippen LogP contribution is -2.42. The third-order valence-corrected chi connectivity index (χ3v) is 5.22. The summed E-state index contributed by atoms with van der Waals surface area (Å²) in [4.78, 5) is 27.8. The van der Waals surface area contributed by atoms with Crippen molar-refractivity contribution in [1.82, 2.24) is 9.80 Å². The number of aryl methyl sites for hydroxylation is 1. The lowest BCUT2D eigenvalue weighted by atomic mass is 9.95. The van der Waals surface area contributed by atoms with Gasteiger partial charge in [-0.1, -0.05) is 29.3 Å². The zero-order valence-electron chi connectivity index (χ0n) is 14.2. The van der Waals surface area contributed by atoms with Crippen molar-refractivity contribution in [3.8, 4) is 0 Å². The quantitative estimate of drug-likeness (QED) is 0.793. The lowest BCUT2D eigenvalue weighted by molar-refractivity contribution is -0.139. The Morgan fingerprint density at radius 2 is 1.83 bits per heavy atom. The molecule has 0 atom stereocenters. The Bertz CT molecular complexity index is 597. The number of benzene rings is 1. The van der Waals surface area contributed by atoms with Crippen LogP contribution in [0.2, 0.25) is 10.0 Å². The minimum absolute atomic E-state index is 0.0558. The summed E-state index contributed by atoms with van der Waals surface area (Å²) in [5.41, 5.74) is 1.09. The molecule has 1 fully saturated rings. The van der Waals surface area contributed by atoms with Gasteiger partial charge in [-0.3, -0.25) is 9.59 Å². The summed E-state index contributed by atoms with van der Waals surface area (Å²) in [7, 11) is 3.56. The molecule has 0 unspecified atom stereocenters. The van der Waals surface area contributed by atoms with Crippen molar-refractivity contribution in [2.45, 2.75) is 32.1 Å². The van der Waals surface area contributed by atoms with Crippen LogP contribution in [0.5, 0.6) is 0 Å². The molecule has 0 N–H and O–H groups in total. The van der Waals surface area contributed by atoms with Gasteiger partial charge in [0, 0.05) is 39.5 Å². The molecular formula is C18H24Cl2N2O2. The lowest BCUT2D eigenvalue weighted by Gasteiger charge is -2.32. The van der Waals surface area contributed by atoms with Crippen molar-refractivity contribution in [2.75, 3.05) is 27.2 Å². The highest BCUT2D eigenvalue weighted by Crippen LogP contribution is 2.24. The molecule has 1 aliphatic rings. The highest BCUT2D eigenvalue weighted by molar-refractivity contribution is 6.42. The number of hydrogen-bond donors (Lipinski definition) is 0. The molecule has 1 aliphatic heterocycles. The van der Waals surface area contributed by atoms with E-state index in [1.807, 2.05) is 17.0 Å². The van der Waals surface area contributed by atoms with E-state index in [2.05, 4.69) is 0 Å². The number of carbonyl (C=O) groups is 2. The Labute approximate surface area is 153 Å². The highest BCUT2D eigenvalue weighted by atomic mass is 35.5. The van der Waals surface area contributed by atoms with E-state index in [0.29, 0.717) is 29.6 Å². The van der Waals surface area contributed by atoms with Gasteiger partial charge in [0.2, 0.25) is 11.8 Å². The number of carbonyl (C=O) groups excluding carboxylic acids is 2. The molecule has 0 aliphatic carbocycles. The summed E-state index contributed by atoms with van der Waals surface area (Å²) < 4.78 is 0. The van der Waals surface area contributed by atoms with Gasteiger partial charge in [-0.15, -0.1) is 0 Å². The molecule has 2 amide bonds. The van der Waals surface area contributed by atoms with Gasteiger partial charge >= 0.3 is 0 Å². The molecular weight excluding hydrogens is 347 g/mol. The molecule has 6 heteroatoms. The summed E-state index contributed by atoms with van der Waals surface area (Å²) in [6, 6.07) is 5.58. The predicted octanol–water partition coefficient (Wildman–Crippen LogP) is 3.64. The summed E-state index contributed by atoms with van der Waals surface area (Å²) in [6.45, 7) is 1.35. The van der Waals surface area contributed by atoms with Gasteiger partial charge in [0.05, 0.1) is 10.0 Å². The van der Waals surface area contributed by atoms with Gasteiger partial charge < -0.3 is 9.80 Å². The first-order valence-electron chi connectivity index (χ1n) is 8.31. The molecule has 2 rings (SSSR count). The predicted molar refractivity (Wildman–Crippen MR) is 97.4 cm³/mol. The first-order chi connectivity index (χ1) is 11.4. The third kappa shape index (κ3) is 5.12. The highest BCUT2D eigenvalue weighted by Gasteiger charge is 2.27. The van der Waals surface area contributed by atoms with E-state index < -0.39 is 0 Å². The number of likely N-dealkylation sites (tertiary alicyclic amines) is 1. The second kappa shape index (κ2) is 8.72. The minimum atomic E-state index is 0.0558.